The molecule has 0 saturated carbocycles. The summed E-state index contributed by atoms with van der Waals surface area (Å²) in [6.45, 7) is 0.208. The van der Waals surface area contributed by atoms with Gasteiger partial charge in [0.25, 0.3) is 0 Å². The Bertz CT molecular complexity index is 685. The van der Waals surface area contributed by atoms with Gasteiger partial charge in [-0.15, -0.1) is 0 Å². The lowest BCUT2D eigenvalue weighted by Crippen LogP contribution is -2.37. The van der Waals surface area contributed by atoms with Crippen LogP contribution in [-0.2, 0) is 21.1 Å². The van der Waals surface area contributed by atoms with Gasteiger partial charge in [0.1, 0.15) is 0 Å². The van der Waals surface area contributed by atoms with Crippen molar-refractivity contribution < 1.29 is 22.7 Å². The van der Waals surface area contributed by atoms with Crippen LogP contribution in [0.5, 0.6) is 11.5 Å². The molecule has 2 aliphatic rings. The third-order valence-electron chi connectivity index (χ3n) is 4.24. The number of hydrogen-bond donors (Lipinski definition) is 0. The van der Waals surface area contributed by atoms with Gasteiger partial charge in [-0.05, 0) is 24.5 Å². The minimum Gasteiger partial charge on any atom is -0.454 e. The van der Waals surface area contributed by atoms with Gasteiger partial charge in [0.2, 0.25) is 12.7 Å². The van der Waals surface area contributed by atoms with Crippen LogP contribution in [0.25, 0.3) is 0 Å². The molecule has 3 rings (SSSR count). The second kappa shape index (κ2) is 5.79. The average Bonchev–Trinajstić information content (AvgIpc) is 3.10. The van der Waals surface area contributed by atoms with E-state index in [0.29, 0.717) is 30.8 Å². The number of benzene rings is 1. The van der Waals surface area contributed by atoms with Crippen molar-refractivity contribution >= 4 is 15.7 Å². The Morgan fingerprint density at radius 3 is 2.91 bits per heavy atom. The van der Waals surface area contributed by atoms with Crippen molar-refractivity contribution in [2.45, 2.75) is 25.3 Å². The lowest BCUT2D eigenvalue weighted by atomic mass is 10.1. The van der Waals surface area contributed by atoms with Gasteiger partial charge in [-0.1, -0.05) is 12.1 Å². The molecule has 2 heterocycles. The van der Waals surface area contributed by atoms with E-state index in [0.717, 1.165) is 5.56 Å². The van der Waals surface area contributed by atoms with Gasteiger partial charge in [0, 0.05) is 19.5 Å². The third kappa shape index (κ3) is 3.04. The van der Waals surface area contributed by atoms with Crippen molar-refractivity contribution in [2.24, 2.45) is 0 Å². The normalized spacial score (nSPS) is 21.8. The SMILES string of the molecule is CN(C(=O)CCc1cccc2c1OCO2)C1CCS(=O)(=O)C1. The van der Waals surface area contributed by atoms with E-state index in [4.69, 9.17) is 9.47 Å². The van der Waals surface area contributed by atoms with Gasteiger partial charge < -0.3 is 14.4 Å². The fourth-order valence-corrected chi connectivity index (χ4v) is 4.66. The maximum absolute atomic E-state index is 12.3. The molecule has 7 heteroatoms. The zero-order valence-electron chi connectivity index (χ0n) is 12.4. The van der Waals surface area contributed by atoms with Crippen molar-refractivity contribution in [1.29, 1.82) is 0 Å². The summed E-state index contributed by atoms with van der Waals surface area (Å²) in [7, 11) is -1.30. The van der Waals surface area contributed by atoms with E-state index >= 15 is 0 Å². The van der Waals surface area contributed by atoms with E-state index in [1.54, 1.807) is 11.9 Å². The molecule has 6 nitrogen and oxygen atoms in total. The van der Waals surface area contributed by atoms with Crippen LogP contribution in [0.3, 0.4) is 0 Å². The summed E-state index contributed by atoms with van der Waals surface area (Å²) in [5.41, 5.74) is 0.941. The Kier molecular flexibility index (Phi) is 3.99. The van der Waals surface area contributed by atoms with Crippen molar-refractivity contribution in [1.82, 2.24) is 4.90 Å². The Hall–Kier alpha value is -1.76. The molecule has 0 spiro atoms. The molecule has 0 aromatic heterocycles. The zero-order chi connectivity index (χ0) is 15.7. The molecule has 0 aliphatic carbocycles. The van der Waals surface area contributed by atoms with Gasteiger partial charge in [-0.3, -0.25) is 4.79 Å². The van der Waals surface area contributed by atoms with Crippen LogP contribution in [0, 0.1) is 0 Å². The number of nitrogens with zero attached hydrogens (tertiary/aromatic N) is 1. The average molecular weight is 325 g/mol. The predicted octanol–water partition coefficient (Wildman–Crippen LogP) is 0.993. The summed E-state index contributed by atoms with van der Waals surface area (Å²) in [5.74, 6) is 1.62. The molecule has 1 aromatic rings. The summed E-state index contributed by atoms with van der Waals surface area (Å²) in [6, 6.07) is 5.43. The highest BCUT2D eigenvalue weighted by molar-refractivity contribution is 7.91. The van der Waals surface area contributed by atoms with E-state index in [1.165, 1.54) is 0 Å². The molecule has 1 amide bonds. The van der Waals surface area contributed by atoms with Crippen LogP contribution in [0.1, 0.15) is 18.4 Å². The number of carbonyl (C=O) groups excluding carboxylic acids is 1. The maximum Gasteiger partial charge on any atom is 0.231 e. The second-order valence-corrected chi connectivity index (χ2v) is 7.94. The summed E-state index contributed by atoms with van der Waals surface area (Å²) in [5, 5.41) is 0. The first kappa shape index (κ1) is 15.1. The fourth-order valence-electron chi connectivity index (χ4n) is 2.89. The van der Waals surface area contributed by atoms with E-state index in [9.17, 15) is 13.2 Å². The minimum atomic E-state index is -2.98. The highest BCUT2D eigenvalue weighted by Gasteiger charge is 2.32. The van der Waals surface area contributed by atoms with Gasteiger partial charge in [0.15, 0.2) is 21.3 Å². The largest absolute Gasteiger partial charge is 0.454 e. The summed E-state index contributed by atoms with van der Waals surface area (Å²) >= 11 is 0. The highest BCUT2D eigenvalue weighted by Crippen LogP contribution is 2.35. The molecule has 0 bridgehead atoms. The number of ether oxygens (including phenoxy) is 2. The zero-order valence-corrected chi connectivity index (χ0v) is 13.3. The molecule has 2 aliphatic heterocycles. The van der Waals surface area contributed by atoms with Crippen molar-refractivity contribution in [2.75, 3.05) is 25.3 Å². The van der Waals surface area contributed by atoms with Crippen LogP contribution in [0.4, 0.5) is 0 Å². The van der Waals surface area contributed by atoms with Gasteiger partial charge in [-0.2, -0.15) is 0 Å². The lowest BCUT2D eigenvalue weighted by Gasteiger charge is -2.23. The van der Waals surface area contributed by atoms with Gasteiger partial charge >= 0.3 is 0 Å². The molecule has 1 atom stereocenters. The van der Waals surface area contributed by atoms with E-state index < -0.39 is 9.84 Å². The third-order valence-corrected chi connectivity index (χ3v) is 5.99. The van der Waals surface area contributed by atoms with Crippen molar-refractivity contribution in [3.05, 3.63) is 23.8 Å². The van der Waals surface area contributed by atoms with Crippen molar-refractivity contribution in [3.8, 4) is 11.5 Å². The van der Waals surface area contributed by atoms with Crippen molar-refractivity contribution in [3.63, 3.8) is 0 Å². The first-order valence-corrected chi connectivity index (χ1v) is 9.12. The Labute approximate surface area is 129 Å². The lowest BCUT2D eigenvalue weighted by molar-refractivity contribution is -0.131. The number of carbonyl (C=O) groups is 1. The second-order valence-electron chi connectivity index (χ2n) is 5.71. The smallest absolute Gasteiger partial charge is 0.231 e. The number of rotatable bonds is 4. The summed E-state index contributed by atoms with van der Waals surface area (Å²) in [6.07, 6.45) is 1.41. The number of sulfone groups is 1. The molecular weight excluding hydrogens is 306 g/mol. The summed E-state index contributed by atoms with van der Waals surface area (Å²) in [4.78, 5) is 13.8. The number of hydrogen-bond acceptors (Lipinski definition) is 5. The van der Waals surface area contributed by atoms with Crippen LogP contribution < -0.4 is 9.47 Å². The molecule has 0 N–H and O–H groups in total. The molecule has 1 unspecified atom stereocenters. The highest BCUT2D eigenvalue weighted by atomic mass is 32.2. The first-order chi connectivity index (χ1) is 10.5. The number of aryl methyl sites for hydroxylation is 1. The fraction of sp³-hybridized carbons (Fsp3) is 0.533. The van der Waals surface area contributed by atoms with Crippen LogP contribution in [0.15, 0.2) is 18.2 Å². The van der Waals surface area contributed by atoms with E-state index in [1.807, 2.05) is 18.2 Å². The quantitative estimate of drug-likeness (QED) is 0.825. The molecule has 1 saturated heterocycles. The number of fused-ring (bicyclic) bond motifs is 1. The molecule has 0 radical (unpaired) electrons. The van der Waals surface area contributed by atoms with Crippen LogP contribution in [0.2, 0.25) is 0 Å². The Morgan fingerprint density at radius 2 is 2.18 bits per heavy atom. The summed E-state index contributed by atoms with van der Waals surface area (Å²) < 4.78 is 33.8. The number of amides is 1. The molecule has 1 fully saturated rings. The molecule has 1 aromatic carbocycles. The standard InChI is InChI=1S/C15H19NO5S/c1-16(12-7-8-22(18,19)9-12)14(17)6-5-11-3-2-4-13-15(11)21-10-20-13/h2-4,12H,5-10H2,1H3. The van der Waals surface area contributed by atoms with E-state index in [-0.39, 0.29) is 30.2 Å². The predicted molar refractivity (Wildman–Crippen MR) is 80.7 cm³/mol. The molecular formula is C15H19NO5S. The van der Waals surface area contributed by atoms with Gasteiger partial charge in [-0.25, -0.2) is 8.42 Å². The molecule has 120 valence electrons. The van der Waals surface area contributed by atoms with Crippen LogP contribution in [-0.4, -0.2) is 50.6 Å². The monoisotopic (exact) mass is 325 g/mol. The van der Waals surface area contributed by atoms with Gasteiger partial charge in [0.05, 0.1) is 11.5 Å². The van der Waals surface area contributed by atoms with E-state index in [2.05, 4.69) is 0 Å². The Morgan fingerprint density at radius 1 is 1.36 bits per heavy atom. The van der Waals surface area contributed by atoms with Crippen LogP contribution >= 0.6 is 0 Å². The minimum absolute atomic E-state index is 0.0429. The maximum atomic E-state index is 12.3. The topological polar surface area (TPSA) is 72.9 Å². The molecule has 22 heavy (non-hydrogen) atoms. The number of para-hydroxylation sites is 1. The first-order valence-electron chi connectivity index (χ1n) is 7.30. The Balaban J connectivity index is 1.60.